The van der Waals surface area contributed by atoms with Gasteiger partial charge in [0.2, 0.25) is 0 Å². The average molecular weight is 302 g/mol. The van der Waals surface area contributed by atoms with Crippen molar-refractivity contribution < 1.29 is 14.3 Å². The van der Waals surface area contributed by atoms with E-state index in [0.29, 0.717) is 11.4 Å². The molecule has 0 spiro atoms. The van der Waals surface area contributed by atoms with Crippen LogP contribution in [0.1, 0.15) is 11.1 Å². The summed E-state index contributed by atoms with van der Waals surface area (Å²) in [4.78, 5) is 12.6. The fraction of sp³-hybridized carbons (Fsp3) is 0.417. The first-order valence-electron chi connectivity index (χ1n) is 5.09. The van der Waals surface area contributed by atoms with Gasteiger partial charge in [-0.05, 0) is 25.0 Å². The Hall–Kier alpha value is -1.23. The lowest BCUT2D eigenvalue weighted by atomic mass is 10.1. The molecule has 0 heterocycles. The van der Waals surface area contributed by atoms with Crippen LogP contribution in [0.5, 0.6) is 11.5 Å². The van der Waals surface area contributed by atoms with E-state index in [1.807, 2.05) is 13.8 Å². The molecular formula is C12H16BrNO3. The van der Waals surface area contributed by atoms with Crippen LogP contribution in [-0.2, 0) is 0 Å². The van der Waals surface area contributed by atoms with E-state index in [1.165, 1.54) is 4.90 Å². The molecule has 1 aromatic rings. The molecule has 5 heteroatoms. The lowest BCUT2D eigenvalue weighted by molar-refractivity contribution is 0.266. The molecule has 0 bridgehead atoms. The van der Waals surface area contributed by atoms with E-state index in [0.717, 1.165) is 16.9 Å². The fourth-order valence-corrected chi connectivity index (χ4v) is 1.85. The molecule has 0 aliphatic carbocycles. The van der Waals surface area contributed by atoms with Crippen LogP contribution in [0.15, 0.2) is 6.07 Å². The van der Waals surface area contributed by atoms with Crippen molar-refractivity contribution in [2.45, 2.75) is 13.8 Å². The summed E-state index contributed by atoms with van der Waals surface area (Å²) in [5, 5.41) is 0. The number of anilines is 1. The van der Waals surface area contributed by atoms with Crippen molar-refractivity contribution in [2.75, 3.05) is 26.2 Å². The molecule has 0 radical (unpaired) electrons. The number of nitrogens with zero attached hydrogens (tertiary/aromatic N) is 1. The van der Waals surface area contributed by atoms with Crippen LogP contribution in [0.4, 0.5) is 10.5 Å². The zero-order valence-corrected chi connectivity index (χ0v) is 12.2. The van der Waals surface area contributed by atoms with Crippen LogP contribution >= 0.6 is 15.9 Å². The van der Waals surface area contributed by atoms with Crippen molar-refractivity contribution in [3.8, 4) is 11.5 Å². The van der Waals surface area contributed by atoms with Crippen molar-refractivity contribution in [3.05, 3.63) is 17.2 Å². The smallest absolute Gasteiger partial charge is 0.293 e. The van der Waals surface area contributed by atoms with E-state index in [1.54, 1.807) is 27.3 Å². The molecule has 4 nitrogen and oxygen atoms in total. The molecule has 0 aliphatic rings. The molecule has 0 fully saturated rings. The van der Waals surface area contributed by atoms with Gasteiger partial charge in [-0.1, -0.05) is 0 Å². The maximum atomic E-state index is 11.4. The van der Waals surface area contributed by atoms with Gasteiger partial charge in [0.1, 0.15) is 11.5 Å². The van der Waals surface area contributed by atoms with Gasteiger partial charge in [0.05, 0.1) is 19.9 Å². The third-order valence-corrected chi connectivity index (χ3v) is 3.35. The van der Waals surface area contributed by atoms with Crippen molar-refractivity contribution in [1.82, 2.24) is 0 Å². The summed E-state index contributed by atoms with van der Waals surface area (Å²) in [6.07, 6.45) is 0. The van der Waals surface area contributed by atoms with Crippen LogP contribution in [0.3, 0.4) is 0 Å². The number of halogens is 1. The molecule has 1 amide bonds. The van der Waals surface area contributed by atoms with E-state index in [2.05, 4.69) is 15.9 Å². The summed E-state index contributed by atoms with van der Waals surface area (Å²) in [6, 6.07) is 1.79. The van der Waals surface area contributed by atoms with Crippen LogP contribution in [0.2, 0.25) is 0 Å². The summed E-state index contributed by atoms with van der Waals surface area (Å²) in [6.45, 7) is 3.89. The molecule has 1 aromatic carbocycles. The molecule has 1 rings (SSSR count). The molecule has 0 aromatic heterocycles. The molecule has 0 saturated carbocycles. The number of amides is 1. The van der Waals surface area contributed by atoms with Gasteiger partial charge in [-0.25, -0.2) is 0 Å². The van der Waals surface area contributed by atoms with Gasteiger partial charge in [0, 0.05) is 29.0 Å². The Morgan fingerprint density at radius 1 is 1.24 bits per heavy atom. The Balaban J connectivity index is 3.47. The van der Waals surface area contributed by atoms with Gasteiger partial charge in [0.15, 0.2) is 0 Å². The minimum Gasteiger partial charge on any atom is -0.496 e. The van der Waals surface area contributed by atoms with Crippen LogP contribution < -0.4 is 14.4 Å². The molecule has 0 unspecified atom stereocenters. The molecule has 0 aliphatic heterocycles. The van der Waals surface area contributed by atoms with Crippen LogP contribution in [-0.4, -0.2) is 26.1 Å². The largest absolute Gasteiger partial charge is 0.496 e. The van der Waals surface area contributed by atoms with E-state index in [-0.39, 0.29) is 4.82 Å². The van der Waals surface area contributed by atoms with Gasteiger partial charge in [-0.2, -0.15) is 0 Å². The number of carbonyl (C=O) groups is 1. The highest BCUT2D eigenvalue weighted by atomic mass is 79.9. The van der Waals surface area contributed by atoms with Crippen molar-refractivity contribution in [1.29, 1.82) is 0 Å². The van der Waals surface area contributed by atoms with Gasteiger partial charge in [-0.3, -0.25) is 4.79 Å². The number of hydrogen-bond acceptors (Lipinski definition) is 3. The fourth-order valence-electron chi connectivity index (χ4n) is 1.66. The van der Waals surface area contributed by atoms with E-state index in [4.69, 9.17) is 9.47 Å². The second-order valence-electron chi connectivity index (χ2n) is 3.69. The number of carbonyl (C=O) groups excluding carboxylic acids is 1. The number of ether oxygens (including phenoxy) is 2. The third-order valence-electron chi connectivity index (χ3n) is 2.82. The van der Waals surface area contributed by atoms with Gasteiger partial charge < -0.3 is 14.4 Å². The monoisotopic (exact) mass is 301 g/mol. The SMILES string of the molecule is COc1cc(N(C)C(=O)Br)c(OC)c(C)c1C. The van der Waals surface area contributed by atoms with E-state index in [9.17, 15) is 4.79 Å². The summed E-state index contributed by atoms with van der Waals surface area (Å²) < 4.78 is 10.6. The highest BCUT2D eigenvalue weighted by molar-refractivity contribution is 9.18. The van der Waals surface area contributed by atoms with Crippen LogP contribution in [0.25, 0.3) is 0 Å². The summed E-state index contributed by atoms with van der Waals surface area (Å²) in [5.74, 6) is 1.41. The molecular weight excluding hydrogens is 286 g/mol. The highest BCUT2D eigenvalue weighted by Crippen LogP contribution is 2.39. The average Bonchev–Trinajstić information content (AvgIpc) is 2.31. The Morgan fingerprint density at radius 2 is 1.82 bits per heavy atom. The van der Waals surface area contributed by atoms with Crippen molar-refractivity contribution in [3.63, 3.8) is 0 Å². The molecule has 94 valence electrons. The maximum Gasteiger partial charge on any atom is 0.293 e. The van der Waals surface area contributed by atoms with Crippen molar-refractivity contribution >= 4 is 26.4 Å². The standard InChI is InChI=1S/C12H16BrNO3/c1-7-8(2)11(17-5)9(6-10(7)16-4)14(3)12(13)15/h6H,1-5H3. The second kappa shape index (κ2) is 5.40. The predicted octanol–water partition coefficient (Wildman–Crippen LogP) is 3.27. The Morgan fingerprint density at radius 3 is 2.24 bits per heavy atom. The number of benzene rings is 1. The van der Waals surface area contributed by atoms with Gasteiger partial charge in [-0.15, -0.1) is 0 Å². The number of rotatable bonds is 3. The summed E-state index contributed by atoms with van der Waals surface area (Å²) >= 11 is 2.92. The summed E-state index contributed by atoms with van der Waals surface area (Å²) in [7, 11) is 4.86. The first-order valence-corrected chi connectivity index (χ1v) is 5.88. The Kier molecular flexibility index (Phi) is 4.40. The lowest BCUT2D eigenvalue weighted by Crippen LogP contribution is -2.20. The molecule has 0 saturated heterocycles. The number of methoxy groups -OCH3 is 2. The van der Waals surface area contributed by atoms with E-state index >= 15 is 0 Å². The van der Waals surface area contributed by atoms with Crippen LogP contribution in [0, 0.1) is 13.8 Å². The minimum absolute atomic E-state index is 0.235. The second-order valence-corrected chi connectivity index (χ2v) is 4.37. The third kappa shape index (κ3) is 2.54. The zero-order valence-electron chi connectivity index (χ0n) is 10.6. The first-order chi connectivity index (χ1) is 7.93. The van der Waals surface area contributed by atoms with Crippen molar-refractivity contribution in [2.24, 2.45) is 0 Å². The quantitative estimate of drug-likeness (QED) is 0.635. The predicted molar refractivity (Wildman–Crippen MR) is 71.7 cm³/mol. The molecule has 0 N–H and O–H groups in total. The maximum absolute atomic E-state index is 11.4. The highest BCUT2D eigenvalue weighted by Gasteiger charge is 2.19. The number of hydrogen-bond donors (Lipinski definition) is 0. The summed E-state index contributed by atoms with van der Waals surface area (Å²) in [5.41, 5.74) is 2.64. The molecule has 17 heavy (non-hydrogen) atoms. The minimum atomic E-state index is -0.235. The van der Waals surface area contributed by atoms with Gasteiger partial charge in [0.25, 0.3) is 4.82 Å². The Bertz CT molecular complexity index is 446. The lowest BCUT2D eigenvalue weighted by Gasteiger charge is -2.21. The topological polar surface area (TPSA) is 38.8 Å². The first kappa shape index (κ1) is 13.8. The van der Waals surface area contributed by atoms with Gasteiger partial charge >= 0.3 is 0 Å². The zero-order chi connectivity index (χ0) is 13.2. The van der Waals surface area contributed by atoms with E-state index < -0.39 is 0 Å². The normalized spacial score (nSPS) is 10.0. The molecule has 0 atom stereocenters. The Labute approximate surface area is 110 Å².